The first-order valence-corrected chi connectivity index (χ1v) is 5.49. The first-order chi connectivity index (χ1) is 7.54. The molecule has 0 aliphatic carbocycles. The van der Waals surface area contributed by atoms with Crippen molar-refractivity contribution in [2.75, 3.05) is 0 Å². The molecule has 0 radical (unpaired) electrons. The van der Waals surface area contributed by atoms with Gasteiger partial charge in [-0.25, -0.2) is 4.79 Å². The Morgan fingerprint density at radius 2 is 2.06 bits per heavy atom. The number of esters is 1. The largest absolute Gasteiger partial charge is 0.423 e. The van der Waals surface area contributed by atoms with Gasteiger partial charge in [0.15, 0.2) is 0 Å². The van der Waals surface area contributed by atoms with Crippen LogP contribution >= 0.6 is 0 Å². The highest BCUT2D eigenvalue weighted by atomic mass is 16.5. The predicted octanol–water partition coefficient (Wildman–Crippen LogP) is 3.60. The van der Waals surface area contributed by atoms with Crippen molar-refractivity contribution in [2.24, 2.45) is 0 Å². The average molecular weight is 218 g/mol. The maximum absolute atomic E-state index is 11.4. The highest BCUT2D eigenvalue weighted by Gasteiger charge is 2.10. The molecule has 0 heterocycles. The van der Waals surface area contributed by atoms with Gasteiger partial charge in [-0.2, -0.15) is 0 Å². The Bertz CT molecular complexity index is 403. The minimum Gasteiger partial charge on any atom is -0.423 e. The van der Waals surface area contributed by atoms with E-state index in [-0.39, 0.29) is 5.97 Å². The monoisotopic (exact) mass is 218 g/mol. The molecule has 86 valence electrons. The van der Waals surface area contributed by atoms with Crippen LogP contribution in [0.15, 0.2) is 30.4 Å². The van der Waals surface area contributed by atoms with Gasteiger partial charge in [0.05, 0.1) is 0 Å². The van der Waals surface area contributed by atoms with Crippen molar-refractivity contribution in [3.8, 4) is 5.75 Å². The minimum atomic E-state index is -0.324. The molecule has 0 atom stereocenters. The fourth-order valence-corrected chi connectivity index (χ4v) is 1.49. The maximum atomic E-state index is 11.4. The molecule has 1 aromatic carbocycles. The van der Waals surface area contributed by atoms with E-state index in [1.165, 1.54) is 6.08 Å². The van der Waals surface area contributed by atoms with Gasteiger partial charge >= 0.3 is 5.97 Å². The standard InChI is InChI=1S/C14H18O2/c1-5-6-14(15)16-13-9-11(4)7-8-12(13)10(2)3/h5-10H,1-4H3. The Labute approximate surface area is 96.9 Å². The lowest BCUT2D eigenvalue weighted by Crippen LogP contribution is -2.06. The fourth-order valence-electron chi connectivity index (χ4n) is 1.49. The van der Waals surface area contributed by atoms with Crippen molar-refractivity contribution in [3.05, 3.63) is 41.5 Å². The van der Waals surface area contributed by atoms with E-state index in [1.54, 1.807) is 13.0 Å². The Kier molecular flexibility index (Phi) is 4.29. The van der Waals surface area contributed by atoms with Crippen LogP contribution in [0.5, 0.6) is 5.75 Å². The van der Waals surface area contributed by atoms with Gasteiger partial charge in [-0.3, -0.25) is 0 Å². The van der Waals surface area contributed by atoms with Gasteiger partial charge in [0.25, 0.3) is 0 Å². The van der Waals surface area contributed by atoms with Crippen LogP contribution < -0.4 is 4.74 Å². The third-order valence-electron chi connectivity index (χ3n) is 2.30. The fraction of sp³-hybridized carbons (Fsp3) is 0.357. The van der Waals surface area contributed by atoms with Crippen LogP contribution in [0.4, 0.5) is 0 Å². The highest BCUT2D eigenvalue weighted by Crippen LogP contribution is 2.27. The summed E-state index contributed by atoms with van der Waals surface area (Å²) in [4.78, 5) is 11.4. The molecule has 0 amide bonds. The smallest absolute Gasteiger partial charge is 0.335 e. The SMILES string of the molecule is CC=CC(=O)Oc1cc(C)ccc1C(C)C. The molecular formula is C14H18O2. The van der Waals surface area contributed by atoms with Gasteiger partial charge < -0.3 is 4.74 Å². The molecule has 0 saturated carbocycles. The van der Waals surface area contributed by atoms with Crippen LogP contribution in [-0.4, -0.2) is 5.97 Å². The van der Waals surface area contributed by atoms with E-state index >= 15 is 0 Å². The van der Waals surface area contributed by atoms with E-state index in [1.807, 2.05) is 25.1 Å². The van der Waals surface area contributed by atoms with E-state index in [4.69, 9.17) is 4.74 Å². The molecule has 2 nitrogen and oxygen atoms in total. The van der Waals surface area contributed by atoms with Crippen molar-refractivity contribution in [3.63, 3.8) is 0 Å². The number of benzene rings is 1. The first kappa shape index (κ1) is 12.5. The molecule has 0 fully saturated rings. The number of carbonyl (C=O) groups excluding carboxylic acids is 1. The Morgan fingerprint density at radius 1 is 1.38 bits per heavy atom. The zero-order valence-electron chi connectivity index (χ0n) is 10.3. The van der Waals surface area contributed by atoms with Crippen molar-refractivity contribution < 1.29 is 9.53 Å². The third-order valence-corrected chi connectivity index (χ3v) is 2.30. The second-order valence-corrected chi connectivity index (χ2v) is 4.12. The molecule has 0 saturated heterocycles. The summed E-state index contributed by atoms with van der Waals surface area (Å²) in [6, 6.07) is 5.94. The maximum Gasteiger partial charge on any atom is 0.335 e. The van der Waals surface area contributed by atoms with Gasteiger partial charge in [0.1, 0.15) is 5.75 Å². The summed E-state index contributed by atoms with van der Waals surface area (Å²) < 4.78 is 5.30. The van der Waals surface area contributed by atoms with Gasteiger partial charge in [0.2, 0.25) is 0 Å². The predicted molar refractivity (Wildman–Crippen MR) is 65.7 cm³/mol. The molecule has 0 spiro atoms. The Morgan fingerprint density at radius 3 is 2.62 bits per heavy atom. The lowest BCUT2D eigenvalue weighted by molar-refractivity contribution is -0.129. The number of hydrogen-bond donors (Lipinski definition) is 0. The molecule has 16 heavy (non-hydrogen) atoms. The Hall–Kier alpha value is -1.57. The van der Waals surface area contributed by atoms with Gasteiger partial charge in [-0.15, -0.1) is 0 Å². The van der Waals surface area contributed by atoms with E-state index < -0.39 is 0 Å². The van der Waals surface area contributed by atoms with Gasteiger partial charge in [-0.1, -0.05) is 32.1 Å². The summed E-state index contributed by atoms with van der Waals surface area (Å²) in [7, 11) is 0. The molecule has 0 aliphatic rings. The molecule has 0 bridgehead atoms. The average Bonchev–Trinajstić information content (AvgIpc) is 2.17. The quantitative estimate of drug-likeness (QED) is 0.440. The number of rotatable bonds is 3. The second-order valence-electron chi connectivity index (χ2n) is 4.12. The summed E-state index contributed by atoms with van der Waals surface area (Å²) in [5.41, 5.74) is 2.15. The van der Waals surface area contributed by atoms with Crippen LogP contribution in [0.3, 0.4) is 0 Å². The zero-order chi connectivity index (χ0) is 12.1. The number of ether oxygens (including phenoxy) is 1. The number of carbonyl (C=O) groups is 1. The molecule has 0 aliphatic heterocycles. The highest BCUT2D eigenvalue weighted by molar-refractivity contribution is 5.84. The normalized spacial score (nSPS) is 11.1. The Balaban J connectivity index is 3.01. The summed E-state index contributed by atoms with van der Waals surface area (Å²) in [5.74, 6) is 0.683. The van der Waals surface area contributed by atoms with E-state index in [9.17, 15) is 4.79 Å². The molecule has 1 aromatic rings. The third kappa shape index (κ3) is 3.23. The molecule has 1 rings (SSSR count). The topological polar surface area (TPSA) is 26.3 Å². The van der Waals surface area contributed by atoms with Crippen LogP contribution in [0.1, 0.15) is 37.8 Å². The van der Waals surface area contributed by atoms with Crippen molar-refractivity contribution in [1.82, 2.24) is 0 Å². The van der Waals surface area contributed by atoms with Crippen LogP contribution in [0, 0.1) is 6.92 Å². The van der Waals surface area contributed by atoms with Crippen LogP contribution in [0.2, 0.25) is 0 Å². The number of aryl methyl sites for hydroxylation is 1. The molecule has 0 N–H and O–H groups in total. The van der Waals surface area contributed by atoms with Crippen molar-refractivity contribution >= 4 is 5.97 Å². The lowest BCUT2D eigenvalue weighted by atomic mass is 10.0. The van der Waals surface area contributed by atoms with E-state index in [0.717, 1.165) is 11.1 Å². The molecular weight excluding hydrogens is 200 g/mol. The number of hydrogen-bond acceptors (Lipinski definition) is 2. The van der Waals surface area contributed by atoms with Gasteiger partial charge in [-0.05, 0) is 37.0 Å². The second kappa shape index (κ2) is 5.50. The van der Waals surface area contributed by atoms with Crippen molar-refractivity contribution in [1.29, 1.82) is 0 Å². The number of allylic oxidation sites excluding steroid dienone is 1. The van der Waals surface area contributed by atoms with Crippen molar-refractivity contribution in [2.45, 2.75) is 33.6 Å². The molecule has 0 unspecified atom stereocenters. The summed E-state index contributed by atoms with van der Waals surface area (Å²) in [5, 5.41) is 0. The first-order valence-electron chi connectivity index (χ1n) is 5.49. The summed E-state index contributed by atoms with van der Waals surface area (Å²) in [6.07, 6.45) is 3.10. The molecule has 2 heteroatoms. The van der Waals surface area contributed by atoms with Crippen LogP contribution in [-0.2, 0) is 4.79 Å². The van der Waals surface area contributed by atoms with Crippen LogP contribution in [0.25, 0.3) is 0 Å². The molecule has 0 aromatic heterocycles. The lowest BCUT2D eigenvalue weighted by Gasteiger charge is -2.12. The minimum absolute atomic E-state index is 0.324. The summed E-state index contributed by atoms with van der Waals surface area (Å²) >= 11 is 0. The summed E-state index contributed by atoms with van der Waals surface area (Å²) in [6.45, 7) is 7.94. The van der Waals surface area contributed by atoms with E-state index in [2.05, 4.69) is 13.8 Å². The zero-order valence-corrected chi connectivity index (χ0v) is 10.3. The van der Waals surface area contributed by atoms with E-state index in [0.29, 0.717) is 11.7 Å². The van der Waals surface area contributed by atoms with Gasteiger partial charge in [0, 0.05) is 6.08 Å².